The molecule has 0 saturated carbocycles. The van der Waals surface area contributed by atoms with Crippen molar-refractivity contribution in [3.63, 3.8) is 0 Å². The molecule has 0 aromatic heterocycles. The minimum atomic E-state index is 0.569. The molecule has 4 rings (SSSR count). The van der Waals surface area contributed by atoms with Gasteiger partial charge in [0.2, 0.25) is 0 Å². The quantitative estimate of drug-likeness (QED) is 0.935. The predicted molar refractivity (Wildman–Crippen MR) is 85.8 cm³/mol. The highest BCUT2D eigenvalue weighted by Crippen LogP contribution is 2.39. The molecule has 0 fully saturated rings. The Hall–Kier alpha value is -1.81. The van der Waals surface area contributed by atoms with Crippen molar-refractivity contribution in [3.8, 4) is 11.5 Å². The van der Waals surface area contributed by atoms with Crippen LogP contribution in [0.1, 0.15) is 11.5 Å². The molecule has 1 unspecified atom stereocenters. The molecule has 1 N–H and O–H groups in total. The van der Waals surface area contributed by atoms with Crippen LogP contribution in [0, 0.1) is 0 Å². The topological polar surface area (TPSA) is 30.5 Å². The van der Waals surface area contributed by atoms with Crippen molar-refractivity contribution in [2.45, 2.75) is 10.8 Å². The minimum Gasteiger partial charge on any atom is -0.486 e. The maximum Gasteiger partial charge on any atom is 0.163 e. The lowest BCUT2D eigenvalue weighted by atomic mass is 10.0. The molecular weight excluding hydrogens is 282 g/mol. The summed E-state index contributed by atoms with van der Waals surface area (Å²) in [5, 5.41) is 3.53. The monoisotopic (exact) mass is 299 g/mol. The highest BCUT2D eigenvalue weighted by atomic mass is 32.2. The molecule has 0 spiro atoms. The number of benzene rings is 2. The van der Waals surface area contributed by atoms with E-state index in [2.05, 4.69) is 35.6 Å². The summed E-state index contributed by atoms with van der Waals surface area (Å²) >= 11 is 1.95. The third-order valence-electron chi connectivity index (χ3n) is 3.89. The molecule has 21 heavy (non-hydrogen) atoms. The number of fused-ring (bicyclic) bond motifs is 2. The lowest BCUT2D eigenvalue weighted by molar-refractivity contribution is 0.171. The van der Waals surface area contributed by atoms with E-state index in [4.69, 9.17) is 9.47 Å². The van der Waals surface area contributed by atoms with Crippen LogP contribution in [0.3, 0.4) is 0 Å². The summed E-state index contributed by atoms with van der Waals surface area (Å²) in [6, 6.07) is 14.8. The number of hydrogen-bond acceptors (Lipinski definition) is 4. The van der Waals surface area contributed by atoms with Crippen molar-refractivity contribution >= 4 is 17.4 Å². The highest BCUT2D eigenvalue weighted by molar-refractivity contribution is 7.99. The van der Waals surface area contributed by atoms with Crippen LogP contribution < -0.4 is 14.8 Å². The van der Waals surface area contributed by atoms with Gasteiger partial charge >= 0.3 is 0 Å². The average molecular weight is 299 g/mol. The number of ether oxygens (including phenoxy) is 2. The lowest BCUT2D eigenvalue weighted by Crippen LogP contribution is -2.16. The van der Waals surface area contributed by atoms with E-state index in [9.17, 15) is 0 Å². The van der Waals surface area contributed by atoms with Gasteiger partial charge in [-0.1, -0.05) is 18.2 Å². The molecule has 0 saturated heterocycles. The molecule has 1 atom stereocenters. The molecule has 2 heterocycles. The highest BCUT2D eigenvalue weighted by Gasteiger charge is 2.22. The van der Waals surface area contributed by atoms with Crippen LogP contribution in [0.4, 0.5) is 5.69 Å². The van der Waals surface area contributed by atoms with Crippen LogP contribution in [0.15, 0.2) is 47.4 Å². The van der Waals surface area contributed by atoms with Gasteiger partial charge in [-0.25, -0.2) is 0 Å². The Morgan fingerprint density at radius 1 is 1.05 bits per heavy atom. The first-order valence-corrected chi connectivity index (χ1v) is 8.24. The van der Waals surface area contributed by atoms with Crippen LogP contribution in [0.5, 0.6) is 11.5 Å². The van der Waals surface area contributed by atoms with E-state index in [0.29, 0.717) is 19.1 Å². The van der Waals surface area contributed by atoms with Gasteiger partial charge in [-0.05, 0) is 23.8 Å². The van der Waals surface area contributed by atoms with E-state index in [0.717, 1.165) is 29.5 Å². The molecule has 3 nitrogen and oxygen atoms in total. The summed E-state index contributed by atoms with van der Waals surface area (Å²) < 4.78 is 11.2. The molecule has 2 aromatic carbocycles. The van der Waals surface area contributed by atoms with Gasteiger partial charge in [0.15, 0.2) is 11.5 Å². The first-order chi connectivity index (χ1) is 10.4. The molecule has 2 aromatic rings. The molecule has 2 aliphatic rings. The number of anilines is 1. The van der Waals surface area contributed by atoms with Crippen LogP contribution in [0.25, 0.3) is 0 Å². The van der Waals surface area contributed by atoms with Gasteiger partial charge in [-0.15, -0.1) is 11.8 Å². The second kappa shape index (κ2) is 5.53. The summed E-state index contributed by atoms with van der Waals surface area (Å²) in [7, 11) is 0. The first-order valence-electron chi connectivity index (χ1n) is 7.25. The van der Waals surface area contributed by atoms with Gasteiger partial charge in [0.05, 0.1) is 0 Å². The van der Waals surface area contributed by atoms with Crippen molar-refractivity contribution in [1.82, 2.24) is 0 Å². The van der Waals surface area contributed by atoms with E-state index < -0.39 is 0 Å². The number of thioether (sulfide) groups is 1. The van der Waals surface area contributed by atoms with Crippen molar-refractivity contribution in [2.24, 2.45) is 0 Å². The van der Waals surface area contributed by atoms with Crippen molar-refractivity contribution < 1.29 is 9.47 Å². The number of nitrogens with one attached hydrogen (secondary N) is 1. The third kappa shape index (κ3) is 2.56. The number of rotatable bonds is 3. The van der Waals surface area contributed by atoms with E-state index >= 15 is 0 Å². The van der Waals surface area contributed by atoms with Gasteiger partial charge in [-0.3, -0.25) is 0 Å². The van der Waals surface area contributed by atoms with Gasteiger partial charge in [0.25, 0.3) is 0 Å². The smallest absolute Gasteiger partial charge is 0.163 e. The maximum absolute atomic E-state index is 5.62. The molecule has 0 amide bonds. The van der Waals surface area contributed by atoms with Crippen molar-refractivity contribution in [1.29, 1.82) is 0 Å². The predicted octanol–water partition coefficient (Wildman–Crippen LogP) is 3.76. The van der Waals surface area contributed by atoms with Gasteiger partial charge < -0.3 is 14.8 Å². The maximum atomic E-state index is 5.62. The van der Waals surface area contributed by atoms with E-state index in [1.807, 2.05) is 23.9 Å². The molecular formula is C17H17NO2S. The molecule has 0 bridgehead atoms. The third-order valence-corrected chi connectivity index (χ3v) is 5.15. The standard InChI is InChI=1S/C17H17NO2S/c1-2-4-17-14(3-1)12(11-21-17)10-18-13-5-6-15-16(9-13)20-8-7-19-15/h1-6,9,12,18H,7-8,10-11H2. The van der Waals surface area contributed by atoms with Crippen LogP contribution in [0.2, 0.25) is 0 Å². The zero-order valence-electron chi connectivity index (χ0n) is 11.7. The molecule has 0 radical (unpaired) electrons. The fraction of sp³-hybridized carbons (Fsp3) is 0.294. The lowest BCUT2D eigenvalue weighted by Gasteiger charge is -2.20. The van der Waals surface area contributed by atoms with E-state index in [-0.39, 0.29) is 0 Å². The normalized spacial score (nSPS) is 19.1. The van der Waals surface area contributed by atoms with E-state index in [1.165, 1.54) is 10.5 Å². The zero-order valence-corrected chi connectivity index (χ0v) is 12.5. The van der Waals surface area contributed by atoms with Gasteiger partial charge in [-0.2, -0.15) is 0 Å². The minimum absolute atomic E-state index is 0.569. The first kappa shape index (κ1) is 12.9. The summed E-state index contributed by atoms with van der Waals surface area (Å²) in [4.78, 5) is 1.42. The Morgan fingerprint density at radius 3 is 2.86 bits per heavy atom. The van der Waals surface area contributed by atoms with E-state index in [1.54, 1.807) is 0 Å². The Balaban J connectivity index is 1.46. The van der Waals surface area contributed by atoms with Crippen molar-refractivity contribution in [2.75, 3.05) is 30.8 Å². The second-order valence-corrected chi connectivity index (χ2v) is 6.35. The fourth-order valence-corrected chi connectivity index (χ4v) is 4.05. The molecule has 108 valence electrons. The van der Waals surface area contributed by atoms with Gasteiger partial charge in [0.1, 0.15) is 13.2 Å². The zero-order chi connectivity index (χ0) is 14.1. The van der Waals surface area contributed by atoms with Crippen LogP contribution >= 0.6 is 11.8 Å². The Morgan fingerprint density at radius 2 is 1.90 bits per heavy atom. The molecule has 0 aliphatic carbocycles. The SMILES string of the molecule is c1ccc2c(c1)SCC2CNc1ccc2c(c1)OCCO2. The fourth-order valence-electron chi connectivity index (χ4n) is 2.79. The Labute approximate surface area is 128 Å². The Kier molecular flexibility index (Phi) is 3.39. The average Bonchev–Trinajstić information content (AvgIpc) is 2.96. The van der Waals surface area contributed by atoms with Crippen LogP contribution in [-0.2, 0) is 0 Å². The summed E-state index contributed by atoms with van der Waals surface area (Å²) in [5.41, 5.74) is 2.56. The second-order valence-electron chi connectivity index (χ2n) is 5.29. The number of hydrogen-bond donors (Lipinski definition) is 1. The summed E-state index contributed by atoms with van der Waals surface area (Å²) in [6.07, 6.45) is 0. The largest absolute Gasteiger partial charge is 0.486 e. The molecule has 4 heteroatoms. The Bertz CT molecular complexity index is 659. The summed E-state index contributed by atoms with van der Waals surface area (Å²) in [6.45, 7) is 2.21. The molecule has 2 aliphatic heterocycles. The summed E-state index contributed by atoms with van der Waals surface area (Å²) in [5.74, 6) is 3.40. The van der Waals surface area contributed by atoms with Gasteiger partial charge in [0, 0.05) is 34.9 Å². The van der Waals surface area contributed by atoms with Crippen LogP contribution in [-0.4, -0.2) is 25.5 Å². The van der Waals surface area contributed by atoms with Crippen molar-refractivity contribution in [3.05, 3.63) is 48.0 Å².